The minimum absolute atomic E-state index is 0.0622. The van der Waals surface area contributed by atoms with Gasteiger partial charge in [0.15, 0.2) is 0 Å². The SMILES string of the molecule is Cc1nc(-c2ccccc2)sc1C(=O)N1CCCSc2ccccc21. The highest BCUT2D eigenvalue weighted by Gasteiger charge is 2.26. The first-order valence-electron chi connectivity index (χ1n) is 8.30. The number of amides is 1. The lowest BCUT2D eigenvalue weighted by atomic mass is 10.2. The first-order chi connectivity index (χ1) is 12.2. The number of benzene rings is 2. The van der Waals surface area contributed by atoms with E-state index in [-0.39, 0.29) is 5.91 Å². The Morgan fingerprint density at radius 2 is 1.84 bits per heavy atom. The Hall–Kier alpha value is -2.11. The third-order valence-electron chi connectivity index (χ3n) is 4.20. The number of thioether (sulfide) groups is 1. The van der Waals surface area contributed by atoms with Crippen LogP contribution < -0.4 is 4.90 Å². The summed E-state index contributed by atoms with van der Waals surface area (Å²) in [6.07, 6.45) is 0.995. The first-order valence-corrected chi connectivity index (χ1v) is 10.1. The zero-order valence-electron chi connectivity index (χ0n) is 13.9. The van der Waals surface area contributed by atoms with Crippen LogP contribution in [-0.2, 0) is 0 Å². The van der Waals surface area contributed by atoms with Crippen LogP contribution in [0.25, 0.3) is 10.6 Å². The Kier molecular flexibility index (Phi) is 4.59. The molecule has 5 heteroatoms. The summed E-state index contributed by atoms with van der Waals surface area (Å²) in [6.45, 7) is 2.68. The molecular weight excluding hydrogens is 348 g/mol. The Morgan fingerprint density at radius 3 is 2.68 bits per heavy atom. The van der Waals surface area contributed by atoms with Crippen LogP contribution in [0, 0.1) is 6.92 Å². The molecule has 25 heavy (non-hydrogen) atoms. The number of anilines is 1. The summed E-state index contributed by atoms with van der Waals surface area (Å²) in [5.41, 5.74) is 2.88. The molecular formula is C20H18N2OS2. The Labute approximate surface area is 155 Å². The van der Waals surface area contributed by atoms with Gasteiger partial charge in [-0.25, -0.2) is 4.98 Å². The van der Waals surface area contributed by atoms with Crippen molar-refractivity contribution in [1.29, 1.82) is 0 Å². The molecule has 3 aromatic rings. The molecule has 1 aliphatic rings. The van der Waals surface area contributed by atoms with Crippen LogP contribution in [-0.4, -0.2) is 23.2 Å². The molecule has 1 amide bonds. The number of thiazole rings is 1. The van der Waals surface area contributed by atoms with Crippen molar-refractivity contribution in [3.63, 3.8) is 0 Å². The molecule has 0 fully saturated rings. The highest BCUT2D eigenvalue weighted by atomic mass is 32.2. The predicted molar refractivity (Wildman–Crippen MR) is 106 cm³/mol. The first kappa shape index (κ1) is 16.4. The van der Waals surface area contributed by atoms with E-state index in [9.17, 15) is 4.79 Å². The lowest BCUT2D eigenvalue weighted by molar-refractivity contribution is 0.0990. The van der Waals surface area contributed by atoms with Gasteiger partial charge in [-0.05, 0) is 31.2 Å². The molecule has 0 aliphatic carbocycles. The zero-order valence-corrected chi connectivity index (χ0v) is 15.6. The molecule has 0 N–H and O–H groups in total. The molecule has 1 aliphatic heterocycles. The van der Waals surface area contributed by atoms with E-state index in [0.717, 1.165) is 45.5 Å². The van der Waals surface area contributed by atoms with Crippen molar-refractivity contribution >= 4 is 34.7 Å². The highest BCUT2D eigenvalue weighted by molar-refractivity contribution is 7.99. The molecule has 0 radical (unpaired) electrons. The second kappa shape index (κ2) is 7.02. The van der Waals surface area contributed by atoms with E-state index in [0.29, 0.717) is 0 Å². The lowest BCUT2D eigenvalue weighted by Crippen LogP contribution is -2.31. The smallest absolute Gasteiger partial charge is 0.270 e. The Bertz CT molecular complexity index is 905. The average Bonchev–Trinajstić information content (AvgIpc) is 2.91. The summed E-state index contributed by atoms with van der Waals surface area (Å²) in [5, 5.41) is 0.902. The molecule has 1 aromatic heterocycles. The quantitative estimate of drug-likeness (QED) is 0.620. The molecule has 2 aromatic carbocycles. The Morgan fingerprint density at radius 1 is 1.08 bits per heavy atom. The second-order valence-corrected chi connectivity index (χ2v) is 8.06. The fraction of sp³-hybridized carbons (Fsp3) is 0.200. The van der Waals surface area contributed by atoms with Crippen molar-refractivity contribution in [2.75, 3.05) is 17.2 Å². The van der Waals surface area contributed by atoms with Gasteiger partial charge in [0.25, 0.3) is 5.91 Å². The monoisotopic (exact) mass is 366 g/mol. The van der Waals surface area contributed by atoms with E-state index >= 15 is 0 Å². The lowest BCUT2D eigenvalue weighted by Gasteiger charge is -2.22. The third-order valence-corrected chi connectivity index (χ3v) is 6.54. The average molecular weight is 367 g/mol. The largest absolute Gasteiger partial charge is 0.306 e. The van der Waals surface area contributed by atoms with Gasteiger partial charge in [-0.15, -0.1) is 23.1 Å². The Balaban J connectivity index is 1.71. The van der Waals surface area contributed by atoms with Gasteiger partial charge in [-0.3, -0.25) is 4.79 Å². The van der Waals surface area contributed by atoms with Gasteiger partial charge in [0.05, 0.1) is 11.4 Å². The summed E-state index contributed by atoms with van der Waals surface area (Å²) in [6, 6.07) is 18.2. The van der Waals surface area contributed by atoms with E-state index in [1.54, 1.807) is 0 Å². The van der Waals surface area contributed by atoms with Gasteiger partial charge in [0, 0.05) is 17.0 Å². The van der Waals surface area contributed by atoms with Crippen molar-refractivity contribution in [3.05, 3.63) is 65.2 Å². The maximum Gasteiger partial charge on any atom is 0.270 e. The molecule has 0 saturated heterocycles. The van der Waals surface area contributed by atoms with Crippen LogP contribution >= 0.6 is 23.1 Å². The summed E-state index contributed by atoms with van der Waals surface area (Å²) in [5.74, 6) is 1.10. The van der Waals surface area contributed by atoms with Crippen LogP contribution in [0.5, 0.6) is 0 Å². The van der Waals surface area contributed by atoms with E-state index in [1.807, 2.05) is 72.1 Å². The molecule has 0 unspecified atom stereocenters. The van der Waals surface area contributed by atoms with Gasteiger partial charge < -0.3 is 4.90 Å². The third kappa shape index (κ3) is 3.22. The van der Waals surface area contributed by atoms with Crippen molar-refractivity contribution in [2.45, 2.75) is 18.2 Å². The van der Waals surface area contributed by atoms with Crippen LogP contribution in [0.2, 0.25) is 0 Å². The molecule has 0 saturated carbocycles. The van der Waals surface area contributed by atoms with E-state index in [2.05, 4.69) is 11.1 Å². The van der Waals surface area contributed by atoms with E-state index < -0.39 is 0 Å². The molecule has 4 rings (SSSR count). The molecule has 0 bridgehead atoms. The molecule has 3 nitrogen and oxygen atoms in total. The summed E-state index contributed by atoms with van der Waals surface area (Å²) < 4.78 is 0. The van der Waals surface area contributed by atoms with Crippen molar-refractivity contribution in [3.8, 4) is 10.6 Å². The minimum Gasteiger partial charge on any atom is -0.306 e. The fourth-order valence-corrected chi connectivity index (χ4v) is 4.97. The molecule has 0 spiro atoms. The van der Waals surface area contributed by atoms with Crippen LogP contribution in [0.15, 0.2) is 59.5 Å². The van der Waals surface area contributed by atoms with Gasteiger partial charge >= 0.3 is 0 Å². The van der Waals surface area contributed by atoms with Gasteiger partial charge in [0.2, 0.25) is 0 Å². The van der Waals surface area contributed by atoms with Crippen LogP contribution in [0.1, 0.15) is 21.8 Å². The second-order valence-electron chi connectivity index (χ2n) is 5.93. The van der Waals surface area contributed by atoms with Crippen LogP contribution in [0.3, 0.4) is 0 Å². The van der Waals surface area contributed by atoms with Crippen LogP contribution in [0.4, 0.5) is 5.69 Å². The highest BCUT2D eigenvalue weighted by Crippen LogP contribution is 2.36. The van der Waals surface area contributed by atoms with Gasteiger partial charge in [-0.1, -0.05) is 42.5 Å². The number of nitrogens with zero attached hydrogens (tertiary/aromatic N) is 2. The predicted octanol–water partition coefficient (Wildman–Crippen LogP) is 5.26. The summed E-state index contributed by atoms with van der Waals surface area (Å²) in [4.78, 5) is 21.7. The standard InChI is InChI=1S/C20H18N2OS2/c1-14-18(25-19(21-14)15-8-3-2-4-9-15)20(23)22-12-7-13-24-17-11-6-5-10-16(17)22/h2-6,8-11H,7,12-13H2,1H3. The van der Waals surface area contributed by atoms with E-state index in [4.69, 9.17) is 0 Å². The summed E-state index contributed by atoms with van der Waals surface area (Å²) in [7, 11) is 0. The minimum atomic E-state index is 0.0622. The molecule has 126 valence electrons. The number of hydrogen-bond donors (Lipinski definition) is 0. The van der Waals surface area contributed by atoms with Crippen molar-refractivity contribution < 1.29 is 4.79 Å². The normalized spacial score (nSPS) is 14.0. The van der Waals surface area contributed by atoms with E-state index in [1.165, 1.54) is 16.2 Å². The van der Waals surface area contributed by atoms with Gasteiger partial charge in [0.1, 0.15) is 9.88 Å². The summed E-state index contributed by atoms with van der Waals surface area (Å²) >= 11 is 3.31. The number of para-hydroxylation sites is 1. The number of fused-ring (bicyclic) bond motifs is 1. The zero-order chi connectivity index (χ0) is 17.2. The number of hydrogen-bond acceptors (Lipinski definition) is 4. The number of aryl methyl sites for hydroxylation is 1. The number of carbonyl (C=O) groups is 1. The number of aromatic nitrogens is 1. The number of rotatable bonds is 2. The van der Waals surface area contributed by atoms with Gasteiger partial charge in [-0.2, -0.15) is 0 Å². The fourth-order valence-electron chi connectivity index (χ4n) is 2.96. The maximum absolute atomic E-state index is 13.3. The topological polar surface area (TPSA) is 33.2 Å². The number of carbonyl (C=O) groups excluding carboxylic acids is 1. The molecule has 0 atom stereocenters. The van der Waals surface area contributed by atoms with Crippen molar-refractivity contribution in [1.82, 2.24) is 4.98 Å². The maximum atomic E-state index is 13.3. The van der Waals surface area contributed by atoms with Crippen molar-refractivity contribution in [2.24, 2.45) is 0 Å². The molecule has 2 heterocycles.